The van der Waals surface area contributed by atoms with Crippen molar-refractivity contribution < 1.29 is 18.7 Å². The Bertz CT molecular complexity index is 1090. The van der Waals surface area contributed by atoms with Gasteiger partial charge in [-0.25, -0.2) is 18.9 Å². The van der Waals surface area contributed by atoms with Crippen molar-refractivity contribution in [1.82, 2.24) is 20.1 Å². The van der Waals surface area contributed by atoms with Gasteiger partial charge in [0.05, 0.1) is 12.3 Å². The van der Waals surface area contributed by atoms with Gasteiger partial charge in [0.25, 0.3) is 0 Å². The summed E-state index contributed by atoms with van der Waals surface area (Å²) in [5, 5.41) is 7.87. The van der Waals surface area contributed by atoms with Gasteiger partial charge in [-0.05, 0) is 50.1 Å². The van der Waals surface area contributed by atoms with Crippen LogP contribution in [0.15, 0.2) is 48.3 Å². The van der Waals surface area contributed by atoms with Crippen LogP contribution < -0.4 is 5.32 Å². The number of ether oxygens (including phenoxy) is 1. The Kier molecular flexibility index (Phi) is 6.01. The number of fused-ring (bicyclic) bond motifs is 1. The van der Waals surface area contributed by atoms with Gasteiger partial charge in [0, 0.05) is 23.4 Å². The first-order valence-electron chi connectivity index (χ1n) is 9.12. The van der Waals surface area contributed by atoms with Crippen molar-refractivity contribution in [2.45, 2.75) is 27.3 Å². The first-order valence-corrected chi connectivity index (χ1v) is 9.12. The molecule has 0 aliphatic rings. The normalized spacial score (nSPS) is 11.5. The lowest BCUT2D eigenvalue weighted by atomic mass is 10.0. The van der Waals surface area contributed by atoms with Crippen LogP contribution >= 0.6 is 0 Å². The van der Waals surface area contributed by atoms with Crippen molar-refractivity contribution in [3.05, 3.63) is 59.8 Å². The predicted molar refractivity (Wildman–Crippen MR) is 106 cm³/mol. The van der Waals surface area contributed by atoms with E-state index in [0.29, 0.717) is 17.0 Å². The van der Waals surface area contributed by atoms with Crippen LogP contribution in [-0.2, 0) is 20.9 Å². The molecule has 1 N–H and O–H groups in total. The van der Waals surface area contributed by atoms with Crippen molar-refractivity contribution in [3.8, 4) is 11.1 Å². The molecule has 0 atom stereocenters. The first kappa shape index (κ1) is 20.2. The Morgan fingerprint density at radius 2 is 1.97 bits per heavy atom. The first-order chi connectivity index (χ1) is 13.9. The summed E-state index contributed by atoms with van der Waals surface area (Å²) in [6, 6.07) is 8.01. The molecule has 7 nitrogen and oxygen atoms in total. The molecule has 0 fully saturated rings. The van der Waals surface area contributed by atoms with Crippen molar-refractivity contribution in [2.24, 2.45) is 0 Å². The molecule has 1 amide bonds. The van der Waals surface area contributed by atoms with Gasteiger partial charge in [0.1, 0.15) is 12.4 Å². The Labute approximate surface area is 167 Å². The minimum atomic E-state index is -0.517. The van der Waals surface area contributed by atoms with Crippen LogP contribution in [0.4, 0.5) is 4.39 Å². The van der Waals surface area contributed by atoms with E-state index in [0.717, 1.165) is 16.5 Å². The highest BCUT2D eigenvalue weighted by molar-refractivity contribution is 5.95. The number of carbonyl (C=O) groups is 2. The molecule has 0 radical (unpaired) electrons. The summed E-state index contributed by atoms with van der Waals surface area (Å²) in [7, 11) is 0. The van der Waals surface area contributed by atoms with Crippen LogP contribution in [-0.4, -0.2) is 33.2 Å². The zero-order chi connectivity index (χ0) is 21.0. The third-order valence-electron chi connectivity index (χ3n) is 4.21. The van der Waals surface area contributed by atoms with E-state index in [1.165, 1.54) is 22.9 Å². The SMILES string of the molecule is CCOC(=O)/C=C(\C)NC(=O)Cn1nc(C)c2c(-c3ccc(F)cc3)ccnc21. The molecule has 0 aliphatic carbocycles. The highest BCUT2D eigenvalue weighted by Crippen LogP contribution is 2.29. The number of amides is 1. The van der Waals surface area contributed by atoms with Gasteiger partial charge in [-0.15, -0.1) is 0 Å². The largest absolute Gasteiger partial charge is 0.463 e. The molecule has 3 aromatic rings. The van der Waals surface area contributed by atoms with Crippen LogP contribution in [0.3, 0.4) is 0 Å². The second-order valence-electron chi connectivity index (χ2n) is 6.43. The summed E-state index contributed by atoms with van der Waals surface area (Å²) < 4.78 is 19.6. The van der Waals surface area contributed by atoms with Gasteiger partial charge in [-0.2, -0.15) is 5.10 Å². The number of pyridine rings is 1. The fourth-order valence-corrected chi connectivity index (χ4v) is 3.05. The van der Waals surface area contributed by atoms with Crippen LogP contribution in [0, 0.1) is 12.7 Å². The second kappa shape index (κ2) is 8.64. The lowest BCUT2D eigenvalue weighted by molar-refractivity contribution is -0.137. The molecule has 29 heavy (non-hydrogen) atoms. The summed E-state index contributed by atoms with van der Waals surface area (Å²) in [5.74, 6) is -1.17. The Morgan fingerprint density at radius 1 is 1.24 bits per heavy atom. The Morgan fingerprint density at radius 3 is 2.66 bits per heavy atom. The average molecular weight is 396 g/mol. The molecule has 0 saturated heterocycles. The quantitative estimate of drug-likeness (QED) is 0.511. The lowest BCUT2D eigenvalue weighted by Crippen LogP contribution is -2.27. The van der Waals surface area contributed by atoms with Gasteiger partial charge < -0.3 is 10.1 Å². The van der Waals surface area contributed by atoms with E-state index in [-0.39, 0.29) is 24.9 Å². The van der Waals surface area contributed by atoms with Crippen LogP contribution in [0.2, 0.25) is 0 Å². The van der Waals surface area contributed by atoms with E-state index in [1.807, 2.05) is 13.0 Å². The molecule has 1 aromatic carbocycles. The number of aryl methyl sites for hydroxylation is 1. The Hall–Kier alpha value is -3.55. The highest BCUT2D eigenvalue weighted by Gasteiger charge is 2.16. The van der Waals surface area contributed by atoms with E-state index < -0.39 is 5.97 Å². The topological polar surface area (TPSA) is 86.1 Å². The van der Waals surface area contributed by atoms with E-state index >= 15 is 0 Å². The van der Waals surface area contributed by atoms with E-state index in [9.17, 15) is 14.0 Å². The number of allylic oxidation sites excluding steroid dienone is 1. The van der Waals surface area contributed by atoms with Crippen molar-refractivity contribution >= 4 is 22.9 Å². The molecule has 150 valence electrons. The molecule has 0 unspecified atom stereocenters. The third-order valence-corrected chi connectivity index (χ3v) is 4.21. The molecule has 0 aliphatic heterocycles. The number of rotatable bonds is 6. The molecular weight excluding hydrogens is 375 g/mol. The van der Waals surface area contributed by atoms with Gasteiger partial charge >= 0.3 is 5.97 Å². The summed E-state index contributed by atoms with van der Waals surface area (Å²) in [6.07, 6.45) is 2.85. The van der Waals surface area contributed by atoms with Gasteiger partial charge in [0.15, 0.2) is 5.65 Å². The molecular formula is C21H21FN4O3. The summed E-state index contributed by atoms with van der Waals surface area (Å²) >= 11 is 0. The average Bonchev–Trinajstić information content (AvgIpc) is 2.98. The predicted octanol–water partition coefficient (Wildman–Crippen LogP) is 3.13. The number of carbonyl (C=O) groups excluding carboxylic acids is 2. The minimum Gasteiger partial charge on any atom is -0.463 e. The maximum atomic E-state index is 13.3. The number of esters is 1. The van der Waals surface area contributed by atoms with Gasteiger partial charge in [-0.1, -0.05) is 12.1 Å². The van der Waals surface area contributed by atoms with Crippen LogP contribution in [0.5, 0.6) is 0 Å². The summed E-state index contributed by atoms with van der Waals surface area (Å²) in [6.45, 7) is 5.33. The van der Waals surface area contributed by atoms with Crippen molar-refractivity contribution in [2.75, 3.05) is 6.61 Å². The number of hydrogen-bond donors (Lipinski definition) is 1. The number of hydrogen-bond acceptors (Lipinski definition) is 5. The van der Waals surface area contributed by atoms with E-state index in [4.69, 9.17) is 4.74 Å². The van der Waals surface area contributed by atoms with E-state index in [2.05, 4.69) is 15.4 Å². The number of benzene rings is 1. The Balaban J connectivity index is 1.86. The van der Waals surface area contributed by atoms with E-state index in [1.54, 1.807) is 32.2 Å². The molecule has 0 saturated carbocycles. The molecule has 0 spiro atoms. The number of nitrogens with zero attached hydrogens (tertiary/aromatic N) is 3. The smallest absolute Gasteiger partial charge is 0.332 e. The molecule has 3 rings (SSSR count). The fraction of sp³-hybridized carbons (Fsp3) is 0.238. The fourth-order valence-electron chi connectivity index (χ4n) is 3.05. The van der Waals surface area contributed by atoms with Crippen LogP contribution in [0.25, 0.3) is 22.2 Å². The molecule has 0 bridgehead atoms. The van der Waals surface area contributed by atoms with Crippen molar-refractivity contribution in [3.63, 3.8) is 0 Å². The third kappa shape index (κ3) is 4.66. The second-order valence-corrected chi connectivity index (χ2v) is 6.43. The summed E-state index contributed by atoms with van der Waals surface area (Å²) in [5.41, 5.74) is 3.32. The number of aromatic nitrogens is 3. The molecule has 2 heterocycles. The number of nitrogens with one attached hydrogen (secondary N) is 1. The highest BCUT2D eigenvalue weighted by atomic mass is 19.1. The maximum absolute atomic E-state index is 13.3. The summed E-state index contributed by atoms with van der Waals surface area (Å²) in [4.78, 5) is 28.2. The monoisotopic (exact) mass is 396 g/mol. The molecule has 2 aromatic heterocycles. The van der Waals surface area contributed by atoms with Gasteiger partial charge in [0.2, 0.25) is 5.91 Å². The number of halogens is 1. The zero-order valence-electron chi connectivity index (χ0n) is 16.4. The standard InChI is InChI=1S/C21H21FN4O3/c1-4-29-19(28)11-13(2)24-18(27)12-26-21-20(14(3)25-26)17(9-10-23-21)15-5-7-16(22)8-6-15/h5-11H,4,12H2,1-3H3,(H,24,27)/b13-11+. The zero-order valence-corrected chi connectivity index (χ0v) is 16.4. The van der Waals surface area contributed by atoms with Crippen LogP contribution in [0.1, 0.15) is 19.5 Å². The lowest BCUT2D eigenvalue weighted by Gasteiger charge is -2.07. The van der Waals surface area contributed by atoms with Crippen molar-refractivity contribution in [1.29, 1.82) is 0 Å². The molecule has 8 heteroatoms. The minimum absolute atomic E-state index is 0.0712. The maximum Gasteiger partial charge on any atom is 0.332 e. The van der Waals surface area contributed by atoms with Gasteiger partial charge in [-0.3, -0.25) is 4.79 Å².